The quantitative estimate of drug-likeness (QED) is 0.513. The second kappa shape index (κ2) is 9.91. The molecule has 1 amide bonds. The Bertz CT molecular complexity index is 827. The molecule has 0 bridgehead atoms. The minimum atomic E-state index is -0.669. The maximum Gasteiger partial charge on any atom is 0.328 e. The highest BCUT2D eigenvalue weighted by molar-refractivity contribution is 7.99. The summed E-state index contributed by atoms with van der Waals surface area (Å²) in [5.74, 6) is -0.298. The number of hydrogen-bond donors (Lipinski definition) is 1. The molecule has 0 aliphatic rings. The molecule has 0 radical (unpaired) electrons. The molecular formula is C21H29N3O4S. The van der Waals surface area contributed by atoms with E-state index in [1.54, 1.807) is 0 Å². The first kappa shape index (κ1) is 22.9. The van der Waals surface area contributed by atoms with Crippen molar-refractivity contribution in [1.29, 1.82) is 0 Å². The summed E-state index contributed by atoms with van der Waals surface area (Å²) in [5.41, 5.74) is 2.11. The molecular weight excluding hydrogens is 390 g/mol. The second-order valence-electron chi connectivity index (χ2n) is 7.94. The van der Waals surface area contributed by atoms with Gasteiger partial charge in [0.2, 0.25) is 11.8 Å². The van der Waals surface area contributed by atoms with E-state index in [9.17, 15) is 9.59 Å². The molecule has 1 N–H and O–H groups in total. The summed E-state index contributed by atoms with van der Waals surface area (Å²) in [4.78, 5) is 24.1. The normalized spacial score (nSPS) is 13.6. The maximum absolute atomic E-state index is 12.2. The minimum Gasteiger partial charge on any atom is -0.467 e. The molecule has 0 fully saturated rings. The zero-order valence-corrected chi connectivity index (χ0v) is 18.6. The van der Waals surface area contributed by atoms with E-state index in [2.05, 4.69) is 36.3 Å². The Morgan fingerprint density at radius 1 is 1.21 bits per heavy atom. The van der Waals surface area contributed by atoms with Gasteiger partial charge in [0.15, 0.2) is 0 Å². The Hall–Kier alpha value is -2.35. The Balaban J connectivity index is 1.96. The third-order valence-corrected chi connectivity index (χ3v) is 5.53. The van der Waals surface area contributed by atoms with Crippen molar-refractivity contribution in [3.63, 3.8) is 0 Å². The van der Waals surface area contributed by atoms with E-state index in [0.717, 1.165) is 23.7 Å². The van der Waals surface area contributed by atoms with Crippen molar-refractivity contribution in [2.24, 2.45) is 5.92 Å². The molecule has 1 aromatic heterocycles. The molecule has 0 saturated carbocycles. The fourth-order valence-corrected chi connectivity index (χ4v) is 3.21. The van der Waals surface area contributed by atoms with Crippen LogP contribution in [0.15, 0.2) is 33.9 Å². The van der Waals surface area contributed by atoms with E-state index in [1.165, 1.54) is 12.7 Å². The van der Waals surface area contributed by atoms with Gasteiger partial charge in [0, 0.05) is 5.56 Å². The fourth-order valence-electron chi connectivity index (χ4n) is 2.64. The van der Waals surface area contributed by atoms with Gasteiger partial charge >= 0.3 is 5.97 Å². The molecule has 2 rings (SSSR count). The molecule has 1 heterocycles. The molecule has 0 aliphatic carbocycles. The molecule has 0 spiro atoms. The van der Waals surface area contributed by atoms with E-state index in [1.807, 2.05) is 38.1 Å². The largest absolute Gasteiger partial charge is 0.467 e. The standard InChI is InChI=1S/C21H29N3O4S/c1-7-13(2)17(19(26)27-6)22-16(25)12-29-20-24-23-18(28-20)14-8-10-15(11-9-14)21(3,4)5/h8-11,13,17H,7,12H2,1-6H3,(H,22,25)/t13-,17+/m1/s1. The van der Waals surface area contributed by atoms with Crippen LogP contribution in [0.3, 0.4) is 0 Å². The number of nitrogens with one attached hydrogen (secondary N) is 1. The van der Waals surface area contributed by atoms with E-state index >= 15 is 0 Å². The summed E-state index contributed by atoms with van der Waals surface area (Å²) in [7, 11) is 1.31. The van der Waals surface area contributed by atoms with Crippen LogP contribution in [0, 0.1) is 5.92 Å². The van der Waals surface area contributed by atoms with Crippen LogP contribution >= 0.6 is 11.8 Å². The van der Waals surface area contributed by atoms with Crippen molar-refractivity contribution in [1.82, 2.24) is 15.5 Å². The summed E-state index contributed by atoms with van der Waals surface area (Å²) >= 11 is 1.13. The van der Waals surface area contributed by atoms with Crippen LogP contribution in [0.4, 0.5) is 0 Å². The van der Waals surface area contributed by atoms with Crippen LogP contribution in [-0.4, -0.2) is 41.0 Å². The van der Waals surface area contributed by atoms with E-state index in [-0.39, 0.29) is 23.0 Å². The lowest BCUT2D eigenvalue weighted by Gasteiger charge is -2.21. The molecule has 0 unspecified atom stereocenters. The Labute approximate surface area is 176 Å². The summed E-state index contributed by atoms with van der Waals surface area (Å²) in [6, 6.07) is 7.31. The number of aromatic nitrogens is 2. The first-order chi connectivity index (χ1) is 13.7. The zero-order valence-electron chi connectivity index (χ0n) is 17.8. The van der Waals surface area contributed by atoms with Gasteiger partial charge in [-0.3, -0.25) is 4.79 Å². The van der Waals surface area contributed by atoms with Crippen LogP contribution in [0.25, 0.3) is 11.5 Å². The average Bonchev–Trinajstić information content (AvgIpc) is 3.18. The predicted molar refractivity (Wildman–Crippen MR) is 113 cm³/mol. The van der Waals surface area contributed by atoms with E-state index in [0.29, 0.717) is 11.1 Å². The number of thioether (sulfide) groups is 1. The van der Waals surface area contributed by atoms with Gasteiger partial charge in [0.25, 0.3) is 5.22 Å². The van der Waals surface area contributed by atoms with Gasteiger partial charge in [-0.1, -0.05) is 64.9 Å². The average molecular weight is 420 g/mol. The van der Waals surface area contributed by atoms with Crippen molar-refractivity contribution in [2.45, 2.75) is 57.7 Å². The van der Waals surface area contributed by atoms with E-state index < -0.39 is 12.0 Å². The SMILES string of the molecule is CC[C@@H](C)[C@H](NC(=O)CSc1nnc(-c2ccc(C(C)(C)C)cc2)o1)C(=O)OC. The van der Waals surface area contributed by atoms with Crippen LogP contribution in [0.1, 0.15) is 46.6 Å². The molecule has 29 heavy (non-hydrogen) atoms. The smallest absolute Gasteiger partial charge is 0.328 e. The maximum atomic E-state index is 12.2. The number of methoxy groups -OCH3 is 1. The second-order valence-corrected chi connectivity index (χ2v) is 8.87. The van der Waals surface area contributed by atoms with Gasteiger partial charge < -0.3 is 14.5 Å². The van der Waals surface area contributed by atoms with E-state index in [4.69, 9.17) is 9.15 Å². The molecule has 2 aromatic rings. The topological polar surface area (TPSA) is 94.3 Å². The van der Waals surface area contributed by atoms with Crippen molar-refractivity contribution < 1.29 is 18.7 Å². The number of nitrogens with zero attached hydrogens (tertiary/aromatic N) is 2. The van der Waals surface area contributed by atoms with Crippen molar-refractivity contribution >= 4 is 23.6 Å². The van der Waals surface area contributed by atoms with Crippen LogP contribution < -0.4 is 5.32 Å². The molecule has 8 heteroatoms. The number of hydrogen-bond acceptors (Lipinski definition) is 7. The van der Waals surface area contributed by atoms with Gasteiger partial charge in [0.1, 0.15) is 6.04 Å². The van der Waals surface area contributed by atoms with Crippen LogP contribution in [0.5, 0.6) is 0 Å². The lowest BCUT2D eigenvalue weighted by molar-refractivity contribution is -0.146. The zero-order chi connectivity index (χ0) is 21.6. The molecule has 158 valence electrons. The highest BCUT2D eigenvalue weighted by atomic mass is 32.2. The minimum absolute atomic E-state index is 0.0255. The van der Waals surface area contributed by atoms with Gasteiger partial charge in [0.05, 0.1) is 12.9 Å². The summed E-state index contributed by atoms with van der Waals surface area (Å²) in [6.07, 6.45) is 0.744. The molecule has 7 nitrogen and oxygen atoms in total. The van der Waals surface area contributed by atoms with Gasteiger partial charge in [-0.2, -0.15) is 0 Å². The van der Waals surface area contributed by atoms with Gasteiger partial charge in [-0.25, -0.2) is 4.79 Å². The van der Waals surface area contributed by atoms with Crippen molar-refractivity contribution in [3.05, 3.63) is 29.8 Å². The summed E-state index contributed by atoms with van der Waals surface area (Å²) in [5, 5.41) is 11.1. The summed E-state index contributed by atoms with van der Waals surface area (Å²) in [6.45, 7) is 10.3. The number of amides is 1. The van der Waals surface area contributed by atoms with Crippen LogP contribution in [0.2, 0.25) is 0 Å². The third kappa shape index (κ3) is 6.32. The number of carbonyl (C=O) groups is 2. The fraction of sp³-hybridized carbons (Fsp3) is 0.524. The Morgan fingerprint density at radius 2 is 1.86 bits per heavy atom. The first-order valence-corrected chi connectivity index (χ1v) is 10.6. The Kier molecular flexibility index (Phi) is 7.84. The molecule has 2 atom stereocenters. The highest BCUT2D eigenvalue weighted by Crippen LogP contribution is 2.27. The number of benzene rings is 1. The number of ether oxygens (including phenoxy) is 1. The number of rotatable bonds is 8. The lowest BCUT2D eigenvalue weighted by atomic mass is 9.87. The number of esters is 1. The number of carbonyl (C=O) groups excluding carboxylic acids is 2. The lowest BCUT2D eigenvalue weighted by Crippen LogP contribution is -2.46. The summed E-state index contributed by atoms with van der Waals surface area (Å²) < 4.78 is 10.4. The van der Waals surface area contributed by atoms with Gasteiger partial charge in [-0.15, -0.1) is 10.2 Å². The highest BCUT2D eigenvalue weighted by Gasteiger charge is 2.26. The molecule has 0 aliphatic heterocycles. The van der Waals surface area contributed by atoms with Crippen molar-refractivity contribution in [3.8, 4) is 11.5 Å². The van der Waals surface area contributed by atoms with Gasteiger partial charge in [-0.05, 0) is 29.0 Å². The van der Waals surface area contributed by atoms with Crippen molar-refractivity contribution in [2.75, 3.05) is 12.9 Å². The third-order valence-electron chi connectivity index (χ3n) is 4.72. The molecule has 0 saturated heterocycles. The monoisotopic (exact) mass is 419 g/mol. The van der Waals surface area contributed by atoms with Crippen LogP contribution in [-0.2, 0) is 19.7 Å². The predicted octanol–water partition coefficient (Wildman–Crippen LogP) is 3.83. The molecule has 1 aromatic carbocycles. The first-order valence-electron chi connectivity index (χ1n) is 9.60. The Morgan fingerprint density at radius 3 is 2.41 bits per heavy atom.